The molecular formula is C26H20BrCl2NO3S2. The highest BCUT2D eigenvalue weighted by molar-refractivity contribution is 9.10. The number of benzene rings is 3. The summed E-state index contributed by atoms with van der Waals surface area (Å²) >= 11 is 22.7. The second-order valence-electron chi connectivity index (χ2n) is 7.59. The number of nitrogens with zero attached hydrogens (tertiary/aromatic N) is 1. The van der Waals surface area contributed by atoms with E-state index in [9.17, 15) is 4.79 Å². The van der Waals surface area contributed by atoms with Gasteiger partial charge in [0, 0.05) is 15.6 Å². The molecule has 1 fully saturated rings. The van der Waals surface area contributed by atoms with Crippen LogP contribution in [0.3, 0.4) is 0 Å². The molecule has 0 N–H and O–H groups in total. The fourth-order valence-corrected chi connectivity index (χ4v) is 5.83. The first kappa shape index (κ1) is 26.0. The number of carbonyl (C=O) groups is 1. The van der Waals surface area contributed by atoms with E-state index >= 15 is 0 Å². The Labute approximate surface area is 232 Å². The summed E-state index contributed by atoms with van der Waals surface area (Å²) in [6.07, 6.45) is 1.81. The van der Waals surface area contributed by atoms with E-state index in [1.165, 1.54) is 11.8 Å². The third-order valence-corrected chi connectivity index (χ3v) is 7.64. The first-order valence-electron chi connectivity index (χ1n) is 10.6. The standard InChI is InChI=1S/C26H20BrCl2NO3S2/c1-3-32-22-11-16(10-19(27)24(22)33-14-17-8-9-18(28)13-20(17)29)12-23-25(31)30(26(34)35-23)21-7-5-4-6-15(21)2/h4-13H,3,14H2,1-2H3/b23-12+. The Balaban J connectivity index is 1.61. The molecule has 0 aliphatic carbocycles. The molecule has 1 amide bonds. The maximum atomic E-state index is 13.2. The van der Waals surface area contributed by atoms with Crippen LogP contribution in [0, 0.1) is 6.92 Å². The summed E-state index contributed by atoms with van der Waals surface area (Å²) in [6, 6.07) is 16.7. The molecule has 0 saturated carbocycles. The molecule has 0 radical (unpaired) electrons. The Bertz CT molecular complexity index is 1350. The van der Waals surface area contributed by atoms with Gasteiger partial charge in [0.1, 0.15) is 6.61 Å². The predicted molar refractivity (Wildman–Crippen MR) is 153 cm³/mol. The summed E-state index contributed by atoms with van der Waals surface area (Å²) < 4.78 is 13.1. The minimum Gasteiger partial charge on any atom is -0.490 e. The highest BCUT2D eigenvalue weighted by atomic mass is 79.9. The maximum absolute atomic E-state index is 13.2. The smallest absolute Gasteiger partial charge is 0.270 e. The van der Waals surface area contributed by atoms with Gasteiger partial charge in [0.15, 0.2) is 15.8 Å². The molecule has 0 atom stereocenters. The first-order valence-corrected chi connectivity index (χ1v) is 13.4. The average molecular weight is 609 g/mol. The van der Waals surface area contributed by atoms with Gasteiger partial charge >= 0.3 is 0 Å². The molecule has 180 valence electrons. The lowest BCUT2D eigenvalue weighted by Crippen LogP contribution is -2.28. The van der Waals surface area contributed by atoms with Crippen molar-refractivity contribution in [2.75, 3.05) is 11.5 Å². The number of hydrogen-bond acceptors (Lipinski definition) is 5. The lowest BCUT2D eigenvalue weighted by Gasteiger charge is -2.17. The Kier molecular flexibility index (Phi) is 8.45. The van der Waals surface area contributed by atoms with Crippen LogP contribution >= 0.6 is 63.1 Å². The lowest BCUT2D eigenvalue weighted by atomic mass is 10.1. The number of aryl methyl sites for hydroxylation is 1. The van der Waals surface area contributed by atoms with E-state index in [2.05, 4.69) is 15.9 Å². The van der Waals surface area contributed by atoms with Gasteiger partial charge in [-0.05, 0) is 77.3 Å². The Hall–Kier alpha value is -2.03. The molecule has 3 aromatic rings. The fraction of sp³-hybridized carbons (Fsp3) is 0.154. The van der Waals surface area contributed by atoms with Crippen molar-refractivity contribution in [2.24, 2.45) is 0 Å². The van der Waals surface area contributed by atoms with Gasteiger partial charge < -0.3 is 9.47 Å². The van der Waals surface area contributed by atoms with Crippen molar-refractivity contribution in [3.63, 3.8) is 0 Å². The van der Waals surface area contributed by atoms with E-state index in [4.69, 9.17) is 44.9 Å². The van der Waals surface area contributed by atoms with Crippen molar-refractivity contribution in [3.05, 3.63) is 90.7 Å². The van der Waals surface area contributed by atoms with E-state index < -0.39 is 0 Å². The summed E-state index contributed by atoms with van der Waals surface area (Å²) in [5, 5.41) is 1.09. The molecule has 0 unspecified atom stereocenters. The molecule has 1 aliphatic rings. The van der Waals surface area contributed by atoms with Gasteiger partial charge in [-0.25, -0.2) is 0 Å². The van der Waals surface area contributed by atoms with Crippen LogP contribution in [0.4, 0.5) is 5.69 Å². The van der Waals surface area contributed by atoms with E-state index in [1.54, 1.807) is 17.0 Å². The topological polar surface area (TPSA) is 38.8 Å². The first-order chi connectivity index (χ1) is 16.8. The summed E-state index contributed by atoms with van der Waals surface area (Å²) in [7, 11) is 0. The zero-order valence-corrected chi connectivity index (χ0v) is 23.5. The summed E-state index contributed by atoms with van der Waals surface area (Å²) in [5.41, 5.74) is 3.35. The number of hydrogen-bond donors (Lipinski definition) is 0. The summed E-state index contributed by atoms with van der Waals surface area (Å²) in [4.78, 5) is 15.3. The summed E-state index contributed by atoms with van der Waals surface area (Å²) in [5.74, 6) is 0.941. The lowest BCUT2D eigenvalue weighted by molar-refractivity contribution is -0.113. The molecule has 1 saturated heterocycles. The van der Waals surface area contributed by atoms with Gasteiger partial charge in [0.05, 0.1) is 21.7 Å². The zero-order valence-electron chi connectivity index (χ0n) is 18.8. The maximum Gasteiger partial charge on any atom is 0.270 e. The molecular weight excluding hydrogens is 589 g/mol. The SMILES string of the molecule is CCOc1cc(/C=C2/SC(=S)N(c3ccccc3C)C2=O)cc(Br)c1OCc1ccc(Cl)cc1Cl. The van der Waals surface area contributed by atoms with Crippen LogP contribution in [0.15, 0.2) is 64.0 Å². The second kappa shape index (κ2) is 11.4. The largest absolute Gasteiger partial charge is 0.490 e. The number of amides is 1. The number of thioether (sulfide) groups is 1. The van der Waals surface area contributed by atoms with E-state index in [-0.39, 0.29) is 12.5 Å². The number of rotatable bonds is 7. The highest BCUT2D eigenvalue weighted by Gasteiger charge is 2.34. The van der Waals surface area contributed by atoms with Crippen molar-refractivity contribution in [1.82, 2.24) is 0 Å². The molecule has 1 aliphatic heterocycles. The van der Waals surface area contributed by atoms with Crippen LogP contribution in [0.1, 0.15) is 23.6 Å². The highest BCUT2D eigenvalue weighted by Crippen LogP contribution is 2.41. The van der Waals surface area contributed by atoms with Crippen LogP contribution in [0.2, 0.25) is 10.0 Å². The van der Waals surface area contributed by atoms with E-state index in [0.717, 1.165) is 22.4 Å². The predicted octanol–water partition coefficient (Wildman–Crippen LogP) is 8.45. The van der Waals surface area contributed by atoms with Gasteiger partial charge in [-0.1, -0.05) is 71.4 Å². The third kappa shape index (κ3) is 5.87. The molecule has 9 heteroatoms. The van der Waals surface area contributed by atoms with Gasteiger partial charge in [-0.2, -0.15) is 0 Å². The van der Waals surface area contributed by atoms with Crippen LogP contribution in [-0.2, 0) is 11.4 Å². The third-order valence-electron chi connectivity index (χ3n) is 5.17. The number of para-hydroxylation sites is 1. The fourth-order valence-electron chi connectivity index (χ4n) is 3.50. The van der Waals surface area contributed by atoms with Crippen molar-refractivity contribution in [1.29, 1.82) is 0 Å². The number of ether oxygens (including phenoxy) is 2. The van der Waals surface area contributed by atoms with Gasteiger partial charge in [0.25, 0.3) is 5.91 Å². The van der Waals surface area contributed by atoms with Gasteiger partial charge in [-0.3, -0.25) is 9.69 Å². The molecule has 1 heterocycles. The molecule has 35 heavy (non-hydrogen) atoms. The molecule has 0 spiro atoms. The monoisotopic (exact) mass is 607 g/mol. The van der Waals surface area contributed by atoms with Crippen LogP contribution < -0.4 is 14.4 Å². The molecule has 0 bridgehead atoms. The van der Waals surface area contributed by atoms with Crippen molar-refractivity contribution in [3.8, 4) is 11.5 Å². The minimum absolute atomic E-state index is 0.152. The minimum atomic E-state index is -0.152. The molecule has 4 rings (SSSR count). The van der Waals surface area contributed by atoms with Crippen molar-refractivity contribution >= 4 is 85.1 Å². The van der Waals surface area contributed by atoms with E-state index in [1.807, 2.05) is 62.4 Å². The number of carbonyl (C=O) groups excluding carboxylic acids is 1. The average Bonchev–Trinajstić information content (AvgIpc) is 3.07. The van der Waals surface area contributed by atoms with Gasteiger partial charge in [-0.15, -0.1) is 0 Å². The van der Waals surface area contributed by atoms with Crippen molar-refractivity contribution in [2.45, 2.75) is 20.5 Å². The normalized spacial score (nSPS) is 14.7. The molecule has 0 aromatic heterocycles. The Morgan fingerprint density at radius 1 is 1.11 bits per heavy atom. The number of thiocarbonyl (C=S) groups is 1. The van der Waals surface area contributed by atoms with Crippen LogP contribution in [-0.4, -0.2) is 16.8 Å². The van der Waals surface area contributed by atoms with Crippen molar-refractivity contribution < 1.29 is 14.3 Å². The van der Waals surface area contributed by atoms with Crippen LogP contribution in [0.25, 0.3) is 6.08 Å². The van der Waals surface area contributed by atoms with Gasteiger partial charge in [0.2, 0.25) is 0 Å². The molecule has 3 aromatic carbocycles. The Morgan fingerprint density at radius 2 is 1.89 bits per heavy atom. The number of anilines is 1. The van der Waals surface area contributed by atoms with Crippen LogP contribution in [0.5, 0.6) is 11.5 Å². The molecule has 4 nitrogen and oxygen atoms in total. The number of halogens is 3. The quantitative estimate of drug-likeness (QED) is 0.199. The Morgan fingerprint density at radius 3 is 2.60 bits per heavy atom. The summed E-state index contributed by atoms with van der Waals surface area (Å²) in [6.45, 7) is 4.54. The zero-order chi connectivity index (χ0) is 25.1. The second-order valence-corrected chi connectivity index (χ2v) is 11.0. The van der Waals surface area contributed by atoms with E-state index in [0.29, 0.717) is 41.8 Å².